The minimum absolute atomic E-state index is 0.177. The van der Waals surface area contributed by atoms with Crippen molar-refractivity contribution in [3.63, 3.8) is 0 Å². The van der Waals surface area contributed by atoms with Crippen LogP contribution in [0, 0.1) is 25.5 Å². The second kappa shape index (κ2) is 11.6. The number of azide groups is 1. The number of fused-ring (bicyclic) bond motifs is 1. The van der Waals surface area contributed by atoms with Crippen LogP contribution in [-0.2, 0) is 18.9 Å². The molecule has 0 spiro atoms. The molecule has 0 saturated carbocycles. The average molecular weight is 543 g/mol. The Labute approximate surface area is 226 Å². The number of aryl methyl sites for hydroxylation is 4. The summed E-state index contributed by atoms with van der Waals surface area (Å²) in [5.41, 5.74) is 13.2. The molecule has 3 aromatic heterocycles. The van der Waals surface area contributed by atoms with E-state index in [9.17, 15) is 18.4 Å². The Balaban J connectivity index is 0.000000186. The molecule has 40 heavy (non-hydrogen) atoms. The normalized spacial score (nSPS) is 11.1. The second-order valence-corrected chi connectivity index (χ2v) is 8.88. The monoisotopic (exact) mass is 542 g/mol. The lowest BCUT2D eigenvalue weighted by Gasteiger charge is -2.04. The Morgan fingerprint density at radius 2 is 1.60 bits per heavy atom. The van der Waals surface area contributed by atoms with Crippen molar-refractivity contribution in [3.8, 4) is 11.3 Å². The quantitative estimate of drug-likeness (QED) is 0.136. The Morgan fingerprint density at radius 1 is 0.975 bits per heavy atom. The topological polar surface area (TPSA) is 134 Å². The van der Waals surface area contributed by atoms with Crippen molar-refractivity contribution in [1.29, 1.82) is 0 Å². The number of hydrogen-bond donors (Lipinski definition) is 1. The van der Waals surface area contributed by atoms with Crippen molar-refractivity contribution in [3.05, 3.63) is 116 Å². The molecule has 0 unspecified atom stereocenters. The van der Waals surface area contributed by atoms with E-state index in [1.807, 2.05) is 13.0 Å². The summed E-state index contributed by atoms with van der Waals surface area (Å²) in [6.45, 7) is 3.62. The van der Waals surface area contributed by atoms with Crippen molar-refractivity contribution in [2.45, 2.75) is 13.8 Å². The molecule has 0 bridgehead atoms. The summed E-state index contributed by atoms with van der Waals surface area (Å²) >= 11 is 0. The first kappa shape index (κ1) is 27.7. The van der Waals surface area contributed by atoms with Gasteiger partial charge in [0.1, 0.15) is 11.6 Å². The maximum Gasteiger partial charge on any atom is 0.259 e. The summed E-state index contributed by atoms with van der Waals surface area (Å²) in [4.78, 5) is 29.3. The molecule has 12 heteroatoms. The highest BCUT2D eigenvalue weighted by Gasteiger charge is 2.13. The van der Waals surface area contributed by atoms with Gasteiger partial charge in [-0.1, -0.05) is 12.1 Å². The maximum absolute atomic E-state index is 13.0. The van der Waals surface area contributed by atoms with Gasteiger partial charge in [-0.05, 0) is 90.2 Å². The van der Waals surface area contributed by atoms with Crippen LogP contribution in [0.5, 0.6) is 0 Å². The number of nitrogens with zero attached hydrogens (tertiary/aromatic N) is 7. The summed E-state index contributed by atoms with van der Waals surface area (Å²) in [6, 6.07) is 15.0. The van der Waals surface area contributed by atoms with Crippen LogP contribution in [-0.4, -0.2) is 30.5 Å². The van der Waals surface area contributed by atoms with E-state index in [0.29, 0.717) is 28.0 Å². The predicted molar refractivity (Wildman–Crippen MR) is 148 cm³/mol. The minimum atomic E-state index is -0.733. The van der Waals surface area contributed by atoms with E-state index in [-0.39, 0.29) is 16.9 Å². The average Bonchev–Trinajstić information content (AvgIpc) is 3.39. The number of rotatable bonds is 4. The lowest BCUT2D eigenvalue weighted by molar-refractivity contribution is -0.112. The minimum Gasteiger partial charge on any atom is -0.321 e. The predicted octanol–water partition coefficient (Wildman–Crippen LogP) is 5.62. The van der Waals surface area contributed by atoms with E-state index in [4.69, 9.17) is 5.53 Å². The van der Waals surface area contributed by atoms with Gasteiger partial charge in [-0.25, -0.2) is 8.78 Å². The highest BCUT2D eigenvalue weighted by Crippen LogP contribution is 2.22. The molecule has 5 rings (SSSR count). The molecule has 202 valence electrons. The number of carbonyl (C=O) groups is 1. The van der Waals surface area contributed by atoms with Gasteiger partial charge in [0.15, 0.2) is 0 Å². The first-order valence-corrected chi connectivity index (χ1v) is 12.0. The van der Waals surface area contributed by atoms with Crippen LogP contribution >= 0.6 is 0 Å². The molecule has 1 N–H and O–H groups in total. The number of H-pyrrole nitrogens is 1. The number of pyridine rings is 1. The SMILES string of the molecule is Cc1cc(/C=C(\C(=O)N=[N+]=[N-])c2ccc(F)cc2)n(C)n1.Cc1nn(C)c2cc(-c3ccc(F)cc3)[nH]c(=O)c12. The van der Waals surface area contributed by atoms with Crippen molar-refractivity contribution >= 4 is 28.5 Å². The maximum atomic E-state index is 13.0. The summed E-state index contributed by atoms with van der Waals surface area (Å²) < 4.78 is 29.2. The number of amides is 1. The van der Waals surface area contributed by atoms with Crippen molar-refractivity contribution in [1.82, 2.24) is 24.5 Å². The van der Waals surface area contributed by atoms with Crippen LogP contribution in [0.25, 0.3) is 44.3 Å². The van der Waals surface area contributed by atoms with Crippen LogP contribution in [0.3, 0.4) is 0 Å². The molecular formula is C28H24F2N8O2. The van der Waals surface area contributed by atoms with Crippen molar-refractivity contribution in [2.24, 2.45) is 19.2 Å². The van der Waals surface area contributed by atoms with Crippen LogP contribution in [0.1, 0.15) is 22.6 Å². The summed E-state index contributed by atoms with van der Waals surface area (Å²) in [5, 5.41) is 12.1. The van der Waals surface area contributed by atoms with Crippen LogP contribution in [0.4, 0.5) is 8.78 Å². The van der Waals surface area contributed by atoms with E-state index >= 15 is 0 Å². The van der Waals surface area contributed by atoms with Gasteiger partial charge in [0.25, 0.3) is 5.56 Å². The molecule has 2 aromatic carbocycles. The van der Waals surface area contributed by atoms with Gasteiger partial charge in [0, 0.05) is 24.6 Å². The Bertz CT molecular complexity index is 1840. The van der Waals surface area contributed by atoms with Crippen molar-refractivity contribution in [2.75, 3.05) is 0 Å². The fraction of sp³-hybridized carbons (Fsp3) is 0.143. The molecule has 0 aliphatic rings. The van der Waals surface area contributed by atoms with Gasteiger partial charge in [-0.3, -0.25) is 19.0 Å². The summed E-state index contributed by atoms with van der Waals surface area (Å²) in [7, 11) is 3.53. The molecule has 0 radical (unpaired) electrons. The highest BCUT2D eigenvalue weighted by atomic mass is 19.1. The summed E-state index contributed by atoms with van der Waals surface area (Å²) in [6.07, 6.45) is 1.56. The fourth-order valence-electron chi connectivity index (χ4n) is 4.17. The number of aromatic nitrogens is 5. The van der Waals surface area contributed by atoms with Crippen LogP contribution < -0.4 is 5.56 Å². The van der Waals surface area contributed by atoms with Gasteiger partial charge < -0.3 is 4.98 Å². The standard InChI is InChI=1S/C14H12FN5O.C14H12FN3O/c1-9-7-12(20(2)18-9)8-13(14(21)17-19-16)10-3-5-11(15)6-4-10;1-8-13-12(18(2)17-8)7-11(16-14(13)19)9-3-5-10(15)6-4-9/h3-8H,1-2H3;3-7H,1-2H3,(H,16,19)/b13-8-;. The molecule has 0 fully saturated rings. The lowest BCUT2D eigenvalue weighted by Crippen LogP contribution is -2.07. The van der Waals surface area contributed by atoms with Gasteiger partial charge >= 0.3 is 0 Å². The zero-order valence-electron chi connectivity index (χ0n) is 22.1. The number of benzene rings is 2. The fourth-order valence-corrected chi connectivity index (χ4v) is 4.17. The molecular weight excluding hydrogens is 518 g/mol. The number of halogens is 2. The molecule has 3 heterocycles. The molecule has 0 aliphatic heterocycles. The lowest BCUT2D eigenvalue weighted by atomic mass is 10.0. The number of hydrogen-bond acceptors (Lipinski definition) is 4. The van der Waals surface area contributed by atoms with Crippen LogP contribution in [0.15, 0.2) is 70.6 Å². The Morgan fingerprint density at radius 3 is 2.17 bits per heavy atom. The molecule has 10 nitrogen and oxygen atoms in total. The third kappa shape index (κ3) is 6.03. The smallest absolute Gasteiger partial charge is 0.259 e. The van der Waals surface area contributed by atoms with E-state index in [1.54, 1.807) is 54.7 Å². The number of nitrogens with one attached hydrogen (secondary N) is 1. The highest BCUT2D eigenvalue weighted by molar-refractivity contribution is 6.24. The Kier molecular flexibility index (Phi) is 8.02. The number of aromatic amines is 1. The Hall–Kier alpha value is -5.35. The first-order chi connectivity index (χ1) is 19.1. The van der Waals surface area contributed by atoms with Gasteiger partial charge in [-0.15, -0.1) is 0 Å². The van der Waals surface area contributed by atoms with E-state index in [2.05, 4.69) is 25.2 Å². The second-order valence-electron chi connectivity index (χ2n) is 8.88. The van der Waals surface area contributed by atoms with Gasteiger partial charge in [0.2, 0.25) is 5.91 Å². The van der Waals surface area contributed by atoms with Gasteiger partial charge in [-0.2, -0.15) is 10.2 Å². The summed E-state index contributed by atoms with van der Waals surface area (Å²) in [5.74, 6) is -1.45. The molecule has 0 atom stereocenters. The number of carbonyl (C=O) groups excluding carboxylic acids is 1. The largest absolute Gasteiger partial charge is 0.321 e. The zero-order chi connectivity index (χ0) is 29.0. The van der Waals surface area contributed by atoms with E-state index in [1.165, 1.54) is 36.4 Å². The van der Waals surface area contributed by atoms with Crippen LogP contribution in [0.2, 0.25) is 0 Å². The van der Waals surface area contributed by atoms with E-state index in [0.717, 1.165) is 16.8 Å². The zero-order valence-corrected chi connectivity index (χ0v) is 22.1. The molecule has 0 saturated heterocycles. The van der Waals surface area contributed by atoms with E-state index < -0.39 is 11.7 Å². The first-order valence-electron chi connectivity index (χ1n) is 12.0. The third-order valence-corrected chi connectivity index (χ3v) is 6.03. The third-order valence-electron chi connectivity index (χ3n) is 6.03. The van der Waals surface area contributed by atoms with Gasteiger partial charge in [0.05, 0.1) is 33.7 Å². The molecule has 1 amide bonds. The molecule has 0 aliphatic carbocycles. The van der Waals surface area contributed by atoms with Crippen molar-refractivity contribution < 1.29 is 13.6 Å². The molecule has 5 aromatic rings.